The van der Waals surface area contributed by atoms with Gasteiger partial charge >= 0.3 is 5.97 Å². The van der Waals surface area contributed by atoms with Crippen LogP contribution in [0, 0.1) is 12.3 Å². The fraction of sp³-hybridized carbons (Fsp3) is 0.480. The van der Waals surface area contributed by atoms with Crippen molar-refractivity contribution < 1.29 is 24.2 Å². The molecular formula is C25H29N3O5. The van der Waals surface area contributed by atoms with Gasteiger partial charge in [0.25, 0.3) is 0 Å². The average molecular weight is 452 g/mol. The van der Waals surface area contributed by atoms with Crippen molar-refractivity contribution in [2.75, 3.05) is 38.2 Å². The van der Waals surface area contributed by atoms with Gasteiger partial charge in [-0.25, -0.2) is 4.79 Å². The number of fused-ring (bicyclic) bond motifs is 1. The number of aliphatic hydroxyl groups excluding tert-OH is 1. The number of hydrogen-bond acceptors (Lipinski definition) is 7. The zero-order chi connectivity index (χ0) is 23.2. The maximum atomic E-state index is 13.4. The van der Waals surface area contributed by atoms with E-state index in [0.29, 0.717) is 24.4 Å². The number of rotatable bonds is 5. The summed E-state index contributed by atoms with van der Waals surface area (Å²) < 4.78 is 10.6. The summed E-state index contributed by atoms with van der Waals surface area (Å²) in [7, 11) is 1.60. The van der Waals surface area contributed by atoms with Crippen LogP contribution in [0.4, 0.5) is 5.69 Å². The molecule has 1 amide bonds. The van der Waals surface area contributed by atoms with Gasteiger partial charge in [-0.3, -0.25) is 9.78 Å². The summed E-state index contributed by atoms with van der Waals surface area (Å²) in [4.78, 5) is 33.4. The molecule has 0 radical (unpaired) electrons. The first-order chi connectivity index (χ1) is 15.9. The first kappa shape index (κ1) is 21.9. The number of pyridine rings is 1. The van der Waals surface area contributed by atoms with Crippen LogP contribution in [0.5, 0.6) is 5.75 Å². The standard InChI is InChI=1S/C25H29N3O5/c1-16-17(3-4-18-19(16)15-33-23(18)30)21(29)14-27-10-6-25(7-11-27)8-12-28(24(25)31)20-13-26-9-5-22(20)32-2/h3-5,9,13,21,29H,6-8,10-12,14-15H2,1-2H3. The van der Waals surface area contributed by atoms with Crippen LogP contribution in [0.3, 0.4) is 0 Å². The van der Waals surface area contributed by atoms with Crippen molar-refractivity contribution in [1.82, 2.24) is 9.88 Å². The Labute approximate surface area is 193 Å². The number of aromatic nitrogens is 1. The number of likely N-dealkylation sites (tertiary alicyclic amines) is 1. The lowest BCUT2D eigenvalue weighted by molar-refractivity contribution is -0.128. The predicted molar refractivity (Wildman–Crippen MR) is 121 cm³/mol. The molecule has 0 aliphatic carbocycles. The maximum absolute atomic E-state index is 13.4. The molecule has 8 nitrogen and oxygen atoms in total. The second-order valence-corrected chi connectivity index (χ2v) is 9.23. The van der Waals surface area contributed by atoms with E-state index in [1.54, 1.807) is 31.6 Å². The molecule has 1 aromatic heterocycles. The number of cyclic esters (lactones) is 1. The number of nitrogens with zero attached hydrogens (tertiary/aromatic N) is 3. The van der Waals surface area contributed by atoms with Crippen molar-refractivity contribution >= 4 is 17.6 Å². The monoisotopic (exact) mass is 451 g/mol. The third kappa shape index (κ3) is 3.67. The molecule has 2 aromatic rings. The summed E-state index contributed by atoms with van der Waals surface area (Å²) in [5.41, 5.74) is 3.60. The quantitative estimate of drug-likeness (QED) is 0.699. The minimum absolute atomic E-state index is 0.146. The molecule has 3 aliphatic heterocycles. The number of methoxy groups -OCH3 is 1. The normalized spacial score (nSPS) is 20.8. The van der Waals surface area contributed by atoms with Crippen LogP contribution >= 0.6 is 0 Å². The number of hydrogen-bond donors (Lipinski definition) is 1. The Morgan fingerprint density at radius 3 is 2.70 bits per heavy atom. The van der Waals surface area contributed by atoms with E-state index in [-0.39, 0.29) is 23.9 Å². The smallest absolute Gasteiger partial charge is 0.338 e. The number of ether oxygens (including phenoxy) is 2. The van der Waals surface area contributed by atoms with Gasteiger partial charge in [0.1, 0.15) is 18.0 Å². The number of piperidine rings is 1. The molecule has 1 aromatic carbocycles. The second-order valence-electron chi connectivity index (χ2n) is 9.23. The molecule has 1 spiro atoms. The van der Waals surface area contributed by atoms with Gasteiger partial charge in [0, 0.05) is 30.9 Å². The maximum Gasteiger partial charge on any atom is 0.338 e. The molecule has 1 atom stereocenters. The van der Waals surface area contributed by atoms with Crippen molar-refractivity contribution in [1.29, 1.82) is 0 Å². The van der Waals surface area contributed by atoms with Crippen LogP contribution in [0.2, 0.25) is 0 Å². The van der Waals surface area contributed by atoms with Crippen molar-refractivity contribution in [2.45, 2.75) is 38.9 Å². The van der Waals surface area contributed by atoms with E-state index in [9.17, 15) is 14.7 Å². The number of β-amino-alcohol motifs (C(OH)–C–C–N with tert-alkyl or cyclic N) is 1. The Morgan fingerprint density at radius 2 is 1.94 bits per heavy atom. The molecule has 3 aliphatic rings. The van der Waals surface area contributed by atoms with Crippen LogP contribution in [0.25, 0.3) is 0 Å². The molecule has 33 heavy (non-hydrogen) atoms. The summed E-state index contributed by atoms with van der Waals surface area (Å²) in [6.07, 6.45) is 5.05. The molecule has 0 bridgehead atoms. The highest BCUT2D eigenvalue weighted by atomic mass is 16.5. The number of carbonyl (C=O) groups excluding carboxylic acids is 2. The van der Waals surface area contributed by atoms with E-state index in [4.69, 9.17) is 9.47 Å². The summed E-state index contributed by atoms with van der Waals surface area (Å²) >= 11 is 0. The van der Waals surface area contributed by atoms with Crippen molar-refractivity contribution in [3.8, 4) is 5.75 Å². The van der Waals surface area contributed by atoms with Crippen molar-refractivity contribution in [3.05, 3.63) is 52.8 Å². The number of anilines is 1. The highest BCUT2D eigenvalue weighted by molar-refractivity contribution is 6.01. The van der Waals surface area contributed by atoms with Gasteiger partial charge in [-0.05, 0) is 56.5 Å². The number of benzene rings is 1. The van der Waals surface area contributed by atoms with Crippen LogP contribution < -0.4 is 9.64 Å². The van der Waals surface area contributed by atoms with E-state index in [1.807, 2.05) is 17.9 Å². The molecule has 2 saturated heterocycles. The Bertz CT molecular complexity index is 1090. The van der Waals surface area contributed by atoms with E-state index < -0.39 is 6.10 Å². The Balaban J connectivity index is 1.24. The summed E-state index contributed by atoms with van der Waals surface area (Å²) in [5.74, 6) is 0.510. The third-order valence-electron chi connectivity index (χ3n) is 7.60. The van der Waals surface area contributed by atoms with E-state index >= 15 is 0 Å². The van der Waals surface area contributed by atoms with Crippen LogP contribution in [-0.4, -0.2) is 60.2 Å². The number of aliphatic hydroxyl groups is 1. The molecule has 8 heteroatoms. The highest BCUT2D eigenvalue weighted by Crippen LogP contribution is 2.45. The number of amides is 1. The minimum Gasteiger partial charge on any atom is -0.494 e. The van der Waals surface area contributed by atoms with Crippen molar-refractivity contribution in [3.63, 3.8) is 0 Å². The highest BCUT2D eigenvalue weighted by Gasteiger charge is 2.49. The molecule has 2 fully saturated rings. The molecular weight excluding hydrogens is 422 g/mol. The Hall–Kier alpha value is -2.97. The zero-order valence-corrected chi connectivity index (χ0v) is 19.0. The van der Waals surface area contributed by atoms with E-state index in [0.717, 1.165) is 54.7 Å². The number of carbonyl (C=O) groups is 2. The summed E-state index contributed by atoms with van der Waals surface area (Å²) in [6.45, 7) is 4.88. The molecule has 174 valence electrons. The van der Waals surface area contributed by atoms with Gasteiger partial charge < -0.3 is 24.4 Å². The van der Waals surface area contributed by atoms with Gasteiger partial charge in [-0.15, -0.1) is 0 Å². The van der Waals surface area contributed by atoms with Crippen molar-refractivity contribution in [2.24, 2.45) is 5.41 Å². The molecule has 1 unspecified atom stereocenters. The SMILES string of the molecule is COc1ccncc1N1CCC2(CCN(CC(O)c3ccc4c(c3C)COC4=O)CC2)C1=O. The van der Waals surface area contributed by atoms with Gasteiger partial charge in [-0.2, -0.15) is 0 Å². The fourth-order valence-corrected chi connectivity index (χ4v) is 5.50. The van der Waals surface area contributed by atoms with E-state index in [2.05, 4.69) is 9.88 Å². The minimum atomic E-state index is -0.657. The number of esters is 1. The first-order valence-corrected chi connectivity index (χ1v) is 11.4. The average Bonchev–Trinajstić information content (AvgIpc) is 3.36. The predicted octanol–water partition coefficient (Wildman–Crippen LogP) is 2.62. The molecule has 1 N–H and O–H groups in total. The van der Waals surface area contributed by atoms with Crippen LogP contribution in [0.15, 0.2) is 30.6 Å². The lowest BCUT2D eigenvalue weighted by atomic mass is 9.77. The van der Waals surface area contributed by atoms with Gasteiger partial charge in [0.2, 0.25) is 5.91 Å². The Kier molecular flexibility index (Phi) is 5.58. The van der Waals surface area contributed by atoms with Crippen LogP contribution in [0.1, 0.15) is 52.4 Å². The Morgan fingerprint density at radius 1 is 1.18 bits per heavy atom. The van der Waals surface area contributed by atoms with Crippen LogP contribution in [-0.2, 0) is 16.1 Å². The molecule has 4 heterocycles. The first-order valence-electron chi connectivity index (χ1n) is 11.4. The lowest BCUT2D eigenvalue weighted by Crippen LogP contribution is -2.45. The molecule has 5 rings (SSSR count). The van der Waals surface area contributed by atoms with Gasteiger partial charge in [0.15, 0.2) is 0 Å². The molecule has 0 saturated carbocycles. The summed E-state index contributed by atoms with van der Waals surface area (Å²) in [6, 6.07) is 5.36. The zero-order valence-electron chi connectivity index (χ0n) is 19.0. The van der Waals surface area contributed by atoms with E-state index in [1.165, 1.54) is 0 Å². The topological polar surface area (TPSA) is 92.2 Å². The third-order valence-corrected chi connectivity index (χ3v) is 7.60. The van der Waals surface area contributed by atoms with Gasteiger partial charge in [-0.1, -0.05) is 6.07 Å². The lowest BCUT2D eigenvalue weighted by Gasteiger charge is -2.38. The summed E-state index contributed by atoms with van der Waals surface area (Å²) in [5, 5.41) is 10.9. The fourth-order valence-electron chi connectivity index (χ4n) is 5.50. The largest absolute Gasteiger partial charge is 0.494 e. The van der Waals surface area contributed by atoms with Gasteiger partial charge in [0.05, 0.1) is 30.4 Å². The second kappa shape index (κ2) is 8.43.